The van der Waals surface area contributed by atoms with E-state index in [9.17, 15) is 9.90 Å². The van der Waals surface area contributed by atoms with Crippen molar-refractivity contribution in [3.63, 3.8) is 0 Å². The number of nitriles is 1. The Bertz CT molecular complexity index is 1080. The number of ether oxygens (including phenoxy) is 1. The number of esters is 1. The molecule has 0 aliphatic carbocycles. The molecule has 6 heteroatoms. The molecule has 0 fully saturated rings. The second kappa shape index (κ2) is 6.26. The van der Waals surface area contributed by atoms with E-state index in [-0.39, 0.29) is 16.8 Å². The van der Waals surface area contributed by atoms with Gasteiger partial charge in [0.15, 0.2) is 11.1 Å². The standard InChI is InChI=1S/C18H13N3O3/c1-24-18(23)13(10-19)17-20-14-8-7-12(9-15(14)21-17)16(22)11-5-3-2-4-6-11/h2-9,21-22H,1H3/b16-12?,17-13+. The van der Waals surface area contributed by atoms with Gasteiger partial charge in [0, 0.05) is 10.8 Å². The Morgan fingerprint density at radius 1 is 1.25 bits per heavy atom. The minimum absolute atomic E-state index is 0.131. The number of aliphatic hydroxyl groups excluding tert-OH is 1. The monoisotopic (exact) mass is 319 g/mol. The van der Waals surface area contributed by atoms with Gasteiger partial charge in [-0.15, -0.1) is 0 Å². The molecule has 0 saturated carbocycles. The number of fused-ring (bicyclic) bond motifs is 1. The number of H-pyrrole nitrogens is 1. The van der Waals surface area contributed by atoms with Gasteiger partial charge >= 0.3 is 5.97 Å². The summed E-state index contributed by atoms with van der Waals surface area (Å²) in [6.45, 7) is 0. The van der Waals surface area contributed by atoms with Crippen molar-refractivity contribution in [2.24, 2.45) is 0 Å². The van der Waals surface area contributed by atoms with E-state index < -0.39 is 5.97 Å². The van der Waals surface area contributed by atoms with Gasteiger partial charge in [0.2, 0.25) is 0 Å². The second-order valence-electron chi connectivity index (χ2n) is 5.01. The first kappa shape index (κ1) is 15.3. The van der Waals surface area contributed by atoms with Crippen LogP contribution in [-0.2, 0) is 9.53 Å². The smallest absolute Gasteiger partial charge is 0.352 e. The molecule has 2 N–H and O–H groups in total. The topological polar surface area (TPSA) is 99.0 Å². The Balaban J connectivity index is 2.23. The minimum atomic E-state index is -0.754. The van der Waals surface area contributed by atoms with Crippen LogP contribution in [0.1, 0.15) is 5.56 Å². The van der Waals surface area contributed by atoms with Gasteiger partial charge in [-0.1, -0.05) is 30.3 Å². The summed E-state index contributed by atoms with van der Waals surface area (Å²) >= 11 is 0. The summed E-state index contributed by atoms with van der Waals surface area (Å²) in [5.41, 5.74) is 1.80. The van der Waals surface area contributed by atoms with Crippen molar-refractivity contribution in [2.75, 3.05) is 7.11 Å². The molecule has 3 rings (SSSR count). The van der Waals surface area contributed by atoms with E-state index in [4.69, 9.17) is 5.26 Å². The van der Waals surface area contributed by atoms with Gasteiger partial charge in [-0.2, -0.15) is 5.26 Å². The fraction of sp³-hybridized carbons (Fsp3) is 0.0556. The number of aromatic nitrogens is 2. The van der Waals surface area contributed by atoms with Crippen LogP contribution >= 0.6 is 0 Å². The zero-order chi connectivity index (χ0) is 17.1. The SMILES string of the molecule is COC(=O)/C(C#N)=c1\nc2ccc(=C(O)c3ccccc3)cc2[nH]1. The molecule has 3 aromatic rings. The molecule has 0 unspecified atom stereocenters. The molecule has 0 aliphatic rings. The lowest BCUT2D eigenvalue weighted by molar-refractivity contribution is -0.133. The molecule has 1 aromatic heterocycles. The Morgan fingerprint density at radius 2 is 2.00 bits per heavy atom. The first-order valence-electron chi connectivity index (χ1n) is 7.11. The van der Waals surface area contributed by atoms with Crippen LogP contribution < -0.4 is 10.7 Å². The molecule has 0 saturated heterocycles. The highest BCUT2D eigenvalue weighted by Crippen LogP contribution is 2.09. The summed E-state index contributed by atoms with van der Waals surface area (Å²) in [6, 6.07) is 16.1. The summed E-state index contributed by atoms with van der Waals surface area (Å²) < 4.78 is 4.57. The summed E-state index contributed by atoms with van der Waals surface area (Å²) in [5, 5.41) is 20.1. The highest BCUT2D eigenvalue weighted by Gasteiger charge is 2.12. The van der Waals surface area contributed by atoms with E-state index in [1.54, 1.807) is 36.4 Å². The van der Waals surface area contributed by atoms with Gasteiger partial charge in [-0.05, 0) is 18.2 Å². The van der Waals surface area contributed by atoms with Gasteiger partial charge < -0.3 is 14.8 Å². The van der Waals surface area contributed by atoms with Gasteiger partial charge in [-0.3, -0.25) is 0 Å². The maximum Gasteiger partial charge on any atom is 0.352 e. The maximum absolute atomic E-state index is 11.6. The molecule has 24 heavy (non-hydrogen) atoms. The van der Waals surface area contributed by atoms with E-state index in [0.717, 1.165) is 0 Å². The predicted molar refractivity (Wildman–Crippen MR) is 88.0 cm³/mol. The molecule has 0 amide bonds. The van der Waals surface area contributed by atoms with Crippen molar-refractivity contribution in [3.8, 4) is 6.07 Å². The van der Waals surface area contributed by atoms with Crippen LogP contribution in [0.2, 0.25) is 0 Å². The van der Waals surface area contributed by atoms with Crippen molar-refractivity contribution < 1.29 is 14.6 Å². The van der Waals surface area contributed by atoms with E-state index in [0.29, 0.717) is 21.8 Å². The molecule has 1 heterocycles. The number of imidazole rings is 1. The molecule has 0 aliphatic heterocycles. The van der Waals surface area contributed by atoms with Crippen molar-refractivity contribution in [1.29, 1.82) is 5.26 Å². The minimum Gasteiger partial charge on any atom is -0.507 e. The molecule has 0 atom stereocenters. The average molecular weight is 319 g/mol. The number of benzene rings is 2. The van der Waals surface area contributed by atoms with Crippen molar-refractivity contribution in [3.05, 3.63) is 64.8 Å². The van der Waals surface area contributed by atoms with Crippen LogP contribution in [-0.4, -0.2) is 28.2 Å². The molecule has 0 radical (unpaired) electrons. The lowest BCUT2D eigenvalue weighted by atomic mass is 10.1. The van der Waals surface area contributed by atoms with Gasteiger partial charge in [0.1, 0.15) is 11.8 Å². The molecule has 0 bridgehead atoms. The Morgan fingerprint density at radius 3 is 2.67 bits per heavy atom. The zero-order valence-corrected chi connectivity index (χ0v) is 12.8. The third-order valence-corrected chi connectivity index (χ3v) is 3.54. The largest absolute Gasteiger partial charge is 0.507 e. The Kier molecular flexibility index (Phi) is 4.00. The summed E-state index contributed by atoms with van der Waals surface area (Å²) in [4.78, 5) is 18.7. The summed E-state index contributed by atoms with van der Waals surface area (Å²) in [6.07, 6.45) is 0. The predicted octanol–water partition coefficient (Wildman–Crippen LogP) is 1.12. The van der Waals surface area contributed by atoms with Crippen LogP contribution in [0.15, 0.2) is 48.5 Å². The molecular formula is C18H13N3O3. The Labute approximate surface area is 137 Å². The number of methoxy groups -OCH3 is 1. The Hall–Kier alpha value is -3.59. The number of aliphatic hydroxyl groups is 1. The molecule has 6 nitrogen and oxygen atoms in total. The number of rotatable bonds is 2. The molecule has 0 spiro atoms. The lowest BCUT2D eigenvalue weighted by Gasteiger charge is -1.99. The number of carbonyl (C=O) groups is 1. The molecule has 2 aromatic carbocycles. The van der Waals surface area contributed by atoms with Crippen LogP contribution in [0.25, 0.3) is 22.4 Å². The highest BCUT2D eigenvalue weighted by atomic mass is 16.5. The van der Waals surface area contributed by atoms with E-state index in [2.05, 4.69) is 14.7 Å². The van der Waals surface area contributed by atoms with Crippen LogP contribution in [0.3, 0.4) is 0 Å². The fourth-order valence-electron chi connectivity index (χ4n) is 2.34. The highest BCUT2D eigenvalue weighted by molar-refractivity contribution is 6.15. The normalized spacial score (nSPS) is 13.2. The third kappa shape index (κ3) is 2.71. The average Bonchev–Trinajstić information content (AvgIpc) is 3.04. The molecule has 118 valence electrons. The number of nitrogens with one attached hydrogen (secondary N) is 1. The molecular weight excluding hydrogens is 306 g/mol. The quantitative estimate of drug-likeness (QED) is 0.690. The fourth-order valence-corrected chi connectivity index (χ4v) is 2.34. The van der Waals surface area contributed by atoms with E-state index in [1.807, 2.05) is 18.2 Å². The number of hydrogen-bond acceptors (Lipinski definition) is 5. The maximum atomic E-state index is 11.6. The van der Waals surface area contributed by atoms with Gasteiger partial charge in [0.25, 0.3) is 0 Å². The summed E-state index contributed by atoms with van der Waals surface area (Å²) in [7, 11) is 1.20. The van der Waals surface area contributed by atoms with Crippen LogP contribution in [0, 0.1) is 11.3 Å². The van der Waals surface area contributed by atoms with Crippen molar-refractivity contribution in [2.45, 2.75) is 0 Å². The lowest BCUT2D eigenvalue weighted by Crippen LogP contribution is -2.17. The second-order valence-corrected chi connectivity index (χ2v) is 5.01. The zero-order valence-electron chi connectivity index (χ0n) is 12.8. The first-order chi connectivity index (χ1) is 11.6. The van der Waals surface area contributed by atoms with Crippen molar-refractivity contribution >= 4 is 28.3 Å². The number of nitrogens with zero attached hydrogens (tertiary/aromatic N) is 2. The van der Waals surface area contributed by atoms with Crippen LogP contribution in [0.5, 0.6) is 0 Å². The van der Waals surface area contributed by atoms with Crippen LogP contribution in [0.4, 0.5) is 0 Å². The van der Waals surface area contributed by atoms with E-state index in [1.165, 1.54) is 7.11 Å². The van der Waals surface area contributed by atoms with Gasteiger partial charge in [0.05, 0.1) is 18.1 Å². The number of hydrogen-bond donors (Lipinski definition) is 2. The van der Waals surface area contributed by atoms with Crippen molar-refractivity contribution in [1.82, 2.24) is 9.97 Å². The van der Waals surface area contributed by atoms with Gasteiger partial charge in [-0.25, -0.2) is 9.78 Å². The third-order valence-electron chi connectivity index (χ3n) is 3.54. The summed E-state index contributed by atoms with van der Waals surface area (Å²) in [5.74, 6) is -0.624. The number of carbonyl (C=O) groups excluding carboxylic acids is 1. The van der Waals surface area contributed by atoms with E-state index >= 15 is 0 Å². The first-order valence-corrected chi connectivity index (χ1v) is 7.11. The number of aromatic amines is 1.